The fourth-order valence-corrected chi connectivity index (χ4v) is 2.51. The Morgan fingerprint density at radius 1 is 1.24 bits per heavy atom. The van der Waals surface area contributed by atoms with Crippen molar-refractivity contribution in [1.29, 1.82) is 0 Å². The van der Waals surface area contributed by atoms with E-state index in [1.165, 1.54) is 18.2 Å². The highest BCUT2D eigenvalue weighted by molar-refractivity contribution is 5.66. The molecular weight excluding hydrogens is 381 g/mol. The Labute approximate surface area is 165 Å². The van der Waals surface area contributed by atoms with E-state index in [2.05, 4.69) is 30.8 Å². The van der Waals surface area contributed by atoms with Gasteiger partial charge in [-0.2, -0.15) is 0 Å². The van der Waals surface area contributed by atoms with Crippen LogP contribution in [0.5, 0.6) is 5.88 Å². The summed E-state index contributed by atoms with van der Waals surface area (Å²) in [4.78, 5) is 19.1. The Balaban J connectivity index is 1.81. The summed E-state index contributed by atoms with van der Waals surface area (Å²) in [5.41, 5.74) is 0.397. The van der Waals surface area contributed by atoms with Gasteiger partial charge in [-0.15, -0.1) is 5.10 Å². The molecule has 0 aliphatic rings. The van der Waals surface area contributed by atoms with Gasteiger partial charge in [0.05, 0.1) is 29.0 Å². The number of ether oxygens (including phenoxy) is 1. The molecule has 0 unspecified atom stereocenters. The molecule has 3 N–H and O–H groups in total. The van der Waals surface area contributed by atoms with E-state index in [0.29, 0.717) is 23.2 Å². The lowest BCUT2D eigenvalue weighted by molar-refractivity contribution is -0.384. The summed E-state index contributed by atoms with van der Waals surface area (Å²) >= 11 is 0. The van der Waals surface area contributed by atoms with E-state index in [-0.39, 0.29) is 23.7 Å². The third-order valence-electron chi connectivity index (χ3n) is 3.79. The highest BCUT2D eigenvalue weighted by atomic mass is 19.1. The zero-order valence-corrected chi connectivity index (χ0v) is 16.0. The van der Waals surface area contributed by atoms with Gasteiger partial charge in [-0.05, 0) is 39.0 Å². The van der Waals surface area contributed by atoms with E-state index in [4.69, 9.17) is 4.74 Å². The van der Waals surface area contributed by atoms with Crippen molar-refractivity contribution in [3.63, 3.8) is 0 Å². The number of aromatic amines is 1. The van der Waals surface area contributed by atoms with Crippen LogP contribution in [0, 0.1) is 15.9 Å². The summed E-state index contributed by atoms with van der Waals surface area (Å²) < 4.78 is 18.5. The number of hydrogen-bond donors (Lipinski definition) is 3. The lowest BCUT2D eigenvalue weighted by atomic mass is 10.2. The fourth-order valence-electron chi connectivity index (χ4n) is 2.51. The predicted octanol–water partition coefficient (Wildman–Crippen LogP) is 3.95. The third-order valence-corrected chi connectivity index (χ3v) is 3.79. The van der Waals surface area contributed by atoms with Gasteiger partial charge in [0.1, 0.15) is 17.5 Å². The zero-order chi connectivity index (χ0) is 21.0. The molecule has 0 aliphatic heterocycles. The first-order chi connectivity index (χ1) is 13.8. The third kappa shape index (κ3) is 5.15. The molecule has 0 bridgehead atoms. The van der Waals surface area contributed by atoms with Crippen molar-refractivity contribution in [3.05, 3.63) is 58.2 Å². The molecule has 3 aromatic heterocycles. The number of nitro groups is 1. The van der Waals surface area contributed by atoms with E-state index in [0.717, 1.165) is 6.20 Å². The Hall–Kier alpha value is -3.76. The predicted molar refractivity (Wildman–Crippen MR) is 105 cm³/mol. The Morgan fingerprint density at radius 3 is 2.69 bits per heavy atom. The molecule has 0 fully saturated rings. The average Bonchev–Trinajstić information content (AvgIpc) is 3.08. The van der Waals surface area contributed by atoms with Gasteiger partial charge in [-0.3, -0.25) is 20.2 Å². The van der Waals surface area contributed by atoms with E-state index < -0.39 is 10.7 Å². The minimum absolute atomic E-state index is 0.0269. The molecule has 0 amide bonds. The van der Waals surface area contributed by atoms with Gasteiger partial charge in [0, 0.05) is 12.1 Å². The van der Waals surface area contributed by atoms with Gasteiger partial charge in [0.25, 0.3) is 0 Å². The molecule has 0 aliphatic carbocycles. The normalized spacial score (nSPS) is 11.9. The molecule has 0 saturated heterocycles. The first-order valence-corrected chi connectivity index (χ1v) is 8.84. The van der Waals surface area contributed by atoms with Crippen LogP contribution in [0.1, 0.15) is 32.5 Å². The number of rotatable bonds is 8. The summed E-state index contributed by atoms with van der Waals surface area (Å²) in [5, 5.41) is 24.0. The van der Waals surface area contributed by atoms with Gasteiger partial charge in [-0.25, -0.2) is 9.37 Å². The van der Waals surface area contributed by atoms with E-state index in [9.17, 15) is 14.5 Å². The monoisotopic (exact) mass is 401 g/mol. The van der Waals surface area contributed by atoms with Crippen molar-refractivity contribution in [1.82, 2.24) is 20.2 Å². The summed E-state index contributed by atoms with van der Waals surface area (Å²) in [6.45, 7) is 5.54. The molecule has 0 aromatic carbocycles. The zero-order valence-electron chi connectivity index (χ0n) is 16.0. The van der Waals surface area contributed by atoms with E-state index in [1.54, 1.807) is 12.1 Å². The molecule has 152 valence electrons. The first kappa shape index (κ1) is 20.0. The Kier molecular flexibility index (Phi) is 5.86. The van der Waals surface area contributed by atoms with Crippen LogP contribution in [0.3, 0.4) is 0 Å². The van der Waals surface area contributed by atoms with Gasteiger partial charge in [0.15, 0.2) is 0 Å². The number of halogens is 1. The average molecular weight is 401 g/mol. The summed E-state index contributed by atoms with van der Waals surface area (Å²) in [6, 6.07) is 6.98. The van der Waals surface area contributed by atoms with Crippen LogP contribution in [0.15, 0.2) is 36.5 Å². The number of aromatic nitrogens is 4. The number of H-pyrrole nitrogens is 1. The van der Waals surface area contributed by atoms with Crippen LogP contribution in [0.4, 0.5) is 27.5 Å². The van der Waals surface area contributed by atoms with Crippen molar-refractivity contribution in [2.24, 2.45) is 0 Å². The maximum absolute atomic E-state index is 13.0. The number of hydrogen-bond acceptors (Lipinski definition) is 8. The van der Waals surface area contributed by atoms with E-state index in [1.807, 2.05) is 20.8 Å². The first-order valence-electron chi connectivity index (χ1n) is 8.84. The SMILES string of the molecule is CC(C)Oc1cc(Nc2nc(N[C@@H](C)c3ccc(F)cn3)ccc2[N+](=O)[O-])[nH]n1. The fraction of sp³-hybridized carbons (Fsp3) is 0.278. The molecule has 0 radical (unpaired) electrons. The van der Waals surface area contributed by atoms with Crippen molar-refractivity contribution in [2.75, 3.05) is 10.6 Å². The standard InChI is InChI=1S/C18H20FN7O3/c1-10(2)29-17-8-16(24-25-17)23-18-14(26(27)28)6-7-15(22-18)21-11(3)13-5-4-12(19)9-20-13/h4-11H,1-3H3,(H3,21,22,23,24,25)/t11-/m0/s1. The molecule has 11 heteroatoms. The Morgan fingerprint density at radius 2 is 2.03 bits per heavy atom. The van der Waals surface area contributed by atoms with Crippen molar-refractivity contribution < 1.29 is 14.1 Å². The summed E-state index contributed by atoms with van der Waals surface area (Å²) in [6.07, 6.45) is 1.06. The lowest BCUT2D eigenvalue weighted by Gasteiger charge is -2.15. The molecule has 0 spiro atoms. The molecule has 3 heterocycles. The largest absolute Gasteiger partial charge is 0.474 e. The van der Waals surface area contributed by atoms with Crippen molar-refractivity contribution >= 4 is 23.1 Å². The highest BCUT2D eigenvalue weighted by Crippen LogP contribution is 2.29. The number of pyridine rings is 2. The second kappa shape index (κ2) is 8.50. The molecule has 29 heavy (non-hydrogen) atoms. The van der Waals surface area contributed by atoms with Crippen molar-refractivity contribution in [2.45, 2.75) is 32.9 Å². The molecule has 1 atom stereocenters. The molecule has 3 aromatic rings. The minimum atomic E-state index is -0.536. The number of nitrogens with one attached hydrogen (secondary N) is 3. The topological polar surface area (TPSA) is 131 Å². The second-order valence-corrected chi connectivity index (χ2v) is 6.50. The maximum atomic E-state index is 13.0. The van der Waals surface area contributed by atoms with Crippen molar-refractivity contribution in [3.8, 4) is 5.88 Å². The van der Waals surface area contributed by atoms with Gasteiger partial charge < -0.3 is 15.4 Å². The molecule has 10 nitrogen and oxygen atoms in total. The maximum Gasteiger partial charge on any atom is 0.311 e. The van der Waals surface area contributed by atoms with Gasteiger partial charge >= 0.3 is 5.69 Å². The number of nitrogens with zero attached hydrogens (tertiary/aromatic N) is 4. The summed E-state index contributed by atoms with van der Waals surface area (Å²) in [7, 11) is 0. The Bertz CT molecular complexity index is 991. The minimum Gasteiger partial charge on any atom is -0.474 e. The van der Waals surface area contributed by atoms with Crippen LogP contribution in [-0.4, -0.2) is 31.2 Å². The smallest absolute Gasteiger partial charge is 0.311 e. The van der Waals surface area contributed by atoms with Gasteiger partial charge in [-0.1, -0.05) is 0 Å². The van der Waals surface area contributed by atoms with Crippen LogP contribution >= 0.6 is 0 Å². The molecule has 0 saturated carbocycles. The molecular formula is C18H20FN7O3. The lowest BCUT2D eigenvalue weighted by Crippen LogP contribution is -2.11. The quantitative estimate of drug-likeness (QED) is 0.382. The second-order valence-electron chi connectivity index (χ2n) is 6.50. The van der Waals surface area contributed by atoms with Crippen LogP contribution in [-0.2, 0) is 0 Å². The van der Waals surface area contributed by atoms with Gasteiger partial charge in [0.2, 0.25) is 11.7 Å². The number of anilines is 3. The van der Waals surface area contributed by atoms with Crippen LogP contribution < -0.4 is 15.4 Å². The van der Waals surface area contributed by atoms with Crippen LogP contribution in [0.2, 0.25) is 0 Å². The molecule has 3 rings (SSSR count). The van der Waals surface area contributed by atoms with E-state index >= 15 is 0 Å². The highest BCUT2D eigenvalue weighted by Gasteiger charge is 2.18. The van der Waals surface area contributed by atoms with Crippen LogP contribution in [0.25, 0.3) is 0 Å². The summed E-state index contributed by atoms with van der Waals surface area (Å²) in [5.74, 6) is 0.729.